The van der Waals surface area contributed by atoms with Crippen molar-refractivity contribution in [1.82, 2.24) is 4.98 Å². The van der Waals surface area contributed by atoms with E-state index in [4.69, 9.17) is 5.11 Å². The Morgan fingerprint density at radius 1 is 1.33 bits per heavy atom. The molecule has 0 amide bonds. The third-order valence-electron chi connectivity index (χ3n) is 2.48. The van der Waals surface area contributed by atoms with Crippen molar-refractivity contribution in [3.63, 3.8) is 0 Å². The second kappa shape index (κ2) is 4.29. The van der Waals surface area contributed by atoms with Gasteiger partial charge in [0.25, 0.3) is 0 Å². The Kier molecular flexibility index (Phi) is 2.94. The second-order valence-corrected chi connectivity index (χ2v) is 3.77. The van der Waals surface area contributed by atoms with Gasteiger partial charge in [0.05, 0.1) is 17.5 Å². The van der Waals surface area contributed by atoms with Gasteiger partial charge >= 0.3 is 12.1 Å². The smallest absolute Gasteiger partial charge is 0.416 e. The summed E-state index contributed by atoms with van der Waals surface area (Å²) in [6.07, 6.45) is -3.61. The summed E-state index contributed by atoms with van der Waals surface area (Å²) < 4.78 is 38.0. The van der Waals surface area contributed by atoms with Crippen LogP contribution in [0.5, 0.6) is 0 Å². The average molecular weight is 255 g/mol. The molecule has 0 aliphatic rings. The first-order valence-electron chi connectivity index (χ1n) is 5.04. The highest BCUT2D eigenvalue weighted by molar-refractivity contribution is 5.86. The van der Waals surface area contributed by atoms with Gasteiger partial charge in [-0.2, -0.15) is 13.2 Å². The molecule has 0 atom stereocenters. The lowest BCUT2D eigenvalue weighted by atomic mass is 10.0. The van der Waals surface area contributed by atoms with Crippen LogP contribution in [0.2, 0.25) is 0 Å². The van der Waals surface area contributed by atoms with Crippen LogP contribution in [0.4, 0.5) is 13.2 Å². The zero-order chi connectivity index (χ0) is 13.3. The molecule has 1 aromatic heterocycles. The maximum atomic E-state index is 12.7. The number of halogens is 3. The third-order valence-corrected chi connectivity index (χ3v) is 2.48. The van der Waals surface area contributed by atoms with Crippen LogP contribution in [0, 0.1) is 0 Å². The lowest BCUT2D eigenvalue weighted by Crippen LogP contribution is -2.08. The number of nitrogens with zero attached hydrogens (tertiary/aromatic N) is 1. The minimum Gasteiger partial charge on any atom is -0.481 e. The summed E-state index contributed by atoms with van der Waals surface area (Å²) in [6.45, 7) is 0. The fraction of sp³-hybridized carbons (Fsp3) is 0.167. The van der Waals surface area contributed by atoms with Crippen LogP contribution in [-0.2, 0) is 17.4 Å². The Morgan fingerprint density at radius 2 is 2.06 bits per heavy atom. The molecule has 0 saturated heterocycles. The Bertz CT molecular complexity index is 608. The van der Waals surface area contributed by atoms with Crippen LogP contribution in [-0.4, -0.2) is 16.1 Å². The number of carboxylic acids is 1. The van der Waals surface area contributed by atoms with Crippen LogP contribution in [0.1, 0.15) is 11.1 Å². The fourth-order valence-electron chi connectivity index (χ4n) is 1.73. The molecular formula is C12H8F3NO2. The highest BCUT2D eigenvalue weighted by atomic mass is 19.4. The highest BCUT2D eigenvalue weighted by Gasteiger charge is 2.31. The van der Waals surface area contributed by atoms with Crippen LogP contribution < -0.4 is 0 Å². The number of aliphatic carboxylic acids is 1. The van der Waals surface area contributed by atoms with Gasteiger partial charge in [-0.15, -0.1) is 0 Å². The molecule has 6 heteroatoms. The van der Waals surface area contributed by atoms with Crippen molar-refractivity contribution >= 4 is 16.9 Å². The molecule has 0 aliphatic carbocycles. The van der Waals surface area contributed by atoms with Crippen molar-refractivity contribution in [2.75, 3.05) is 0 Å². The zero-order valence-electron chi connectivity index (χ0n) is 9.03. The van der Waals surface area contributed by atoms with E-state index in [1.165, 1.54) is 6.20 Å². The number of fused-ring (bicyclic) bond motifs is 1. The van der Waals surface area contributed by atoms with Gasteiger partial charge < -0.3 is 5.11 Å². The van der Waals surface area contributed by atoms with Gasteiger partial charge in [0.1, 0.15) is 0 Å². The summed E-state index contributed by atoms with van der Waals surface area (Å²) in [6, 6.07) is 4.89. The topological polar surface area (TPSA) is 50.2 Å². The van der Waals surface area contributed by atoms with Crippen molar-refractivity contribution in [3.8, 4) is 0 Å². The molecule has 0 spiro atoms. The minimum absolute atomic E-state index is 0.112. The van der Waals surface area contributed by atoms with E-state index in [1.54, 1.807) is 12.1 Å². The van der Waals surface area contributed by atoms with E-state index in [0.29, 0.717) is 5.39 Å². The van der Waals surface area contributed by atoms with E-state index in [-0.39, 0.29) is 11.1 Å². The van der Waals surface area contributed by atoms with Crippen LogP contribution in [0.3, 0.4) is 0 Å². The first-order valence-corrected chi connectivity index (χ1v) is 5.04. The number of carboxylic acid groups (broad SMARTS) is 1. The molecule has 2 aromatic rings. The fourth-order valence-corrected chi connectivity index (χ4v) is 1.73. The Hall–Kier alpha value is -2.11. The normalized spacial score (nSPS) is 11.7. The van der Waals surface area contributed by atoms with Crippen LogP contribution in [0.25, 0.3) is 10.9 Å². The standard InChI is InChI=1S/C12H8F3NO2/c13-12(14,15)8-4-7(5-11(17)18)9-2-1-3-16-10(9)6-8/h1-4,6H,5H2,(H,17,18). The van der Waals surface area contributed by atoms with E-state index < -0.39 is 24.1 Å². The minimum atomic E-state index is -4.51. The molecule has 0 fully saturated rings. The number of aromatic nitrogens is 1. The molecule has 1 N–H and O–H groups in total. The Morgan fingerprint density at radius 3 is 2.67 bits per heavy atom. The molecule has 0 aliphatic heterocycles. The van der Waals surface area contributed by atoms with Crippen molar-refractivity contribution in [3.05, 3.63) is 41.6 Å². The van der Waals surface area contributed by atoms with Gasteiger partial charge in [0.2, 0.25) is 0 Å². The predicted molar refractivity (Wildman–Crippen MR) is 58.1 cm³/mol. The van der Waals surface area contributed by atoms with E-state index >= 15 is 0 Å². The number of carbonyl (C=O) groups is 1. The van der Waals surface area contributed by atoms with Gasteiger partial charge in [-0.3, -0.25) is 9.78 Å². The lowest BCUT2D eigenvalue weighted by Gasteiger charge is -2.10. The Labute approximate surface area is 99.9 Å². The third kappa shape index (κ3) is 2.42. The summed E-state index contributed by atoms with van der Waals surface area (Å²) >= 11 is 0. The first-order chi connectivity index (χ1) is 8.38. The summed E-state index contributed by atoms with van der Waals surface area (Å²) in [5.74, 6) is -1.18. The number of pyridine rings is 1. The monoisotopic (exact) mass is 255 g/mol. The quantitative estimate of drug-likeness (QED) is 0.897. The Balaban J connectivity index is 2.68. The molecule has 3 nitrogen and oxygen atoms in total. The number of benzene rings is 1. The van der Waals surface area contributed by atoms with E-state index in [1.807, 2.05) is 0 Å². The maximum absolute atomic E-state index is 12.7. The largest absolute Gasteiger partial charge is 0.481 e. The summed E-state index contributed by atoms with van der Waals surface area (Å²) in [4.78, 5) is 14.5. The molecule has 2 rings (SSSR count). The van der Waals surface area contributed by atoms with Crippen molar-refractivity contribution < 1.29 is 23.1 Å². The van der Waals surface area contributed by atoms with E-state index in [9.17, 15) is 18.0 Å². The molecule has 1 aromatic carbocycles. The number of rotatable bonds is 2. The number of hydrogen-bond acceptors (Lipinski definition) is 2. The summed E-state index contributed by atoms with van der Waals surface area (Å²) in [5, 5.41) is 9.14. The lowest BCUT2D eigenvalue weighted by molar-refractivity contribution is -0.138. The molecular weight excluding hydrogens is 247 g/mol. The molecule has 0 saturated carbocycles. The molecule has 18 heavy (non-hydrogen) atoms. The molecule has 94 valence electrons. The van der Waals surface area contributed by atoms with E-state index in [2.05, 4.69) is 4.98 Å². The SMILES string of the molecule is O=C(O)Cc1cc(C(F)(F)F)cc2ncccc12. The van der Waals surface area contributed by atoms with Crippen molar-refractivity contribution in [2.45, 2.75) is 12.6 Å². The summed E-state index contributed by atoms with van der Waals surface area (Å²) in [7, 11) is 0. The number of hydrogen-bond donors (Lipinski definition) is 1. The van der Waals surface area contributed by atoms with Crippen LogP contribution in [0.15, 0.2) is 30.5 Å². The number of alkyl halides is 3. The molecule has 0 radical (unpaired) electrons. The van der Waals surface area contributed by atoms with Gasteiger partial charge in [0, 0.05) is 11.6 Å². The predicted octanol–water partition coefficient (Wildman–Crippen LogP) is 2.88. The van der Waals surface area contributed by atoms with Gasteiger partial charge in [-0.05, 0) is 23.8 Å². The zero-order valence-corrected chi connectivity index (χ0v) is 9.03. The highest BCUT2D eigenvalue weighted by Crippen LogP contribution is 2.32. The van der Waals surface area contributed by atoms with Crippen molar-refractivity contribution in [2.24, 2.45) is 0 Å². The molecule has 1 heterocycles. The average Bonchev–Trinajstić information content (AvgIpc) is 2.27. The summed E-state index contributed by atoms with van der Waals surface area (Å²) in [5.41, 5.74) is -0.631. The molecule has 0 unspecified atom stereocenters. The van der Waals surface area contributed by atoms with Gasteiger partial charge in [-0.25, -0.2) is 0 Å². The molecule has 0 bridgehead atoms. The van der Waals surface area contributed by atoms with E-state index in [0.717, 1.165) is 12.1 Å². The maximum Gasteiger partial charge on any atom is 0.416 e. The van der Waals surface area contributed by atoms with Crippen LogP contribution >= 0.6 is 0 Å². The van der Waals surface area contributed by atoms with Gasteiger partial charge in [-0.1, -0.05) is 6.07 Å². The van der Waals surface area contributed by atoms with Crippen molar-refractivity contribution in [1.29, 1.82) is 0 Å². The van der Waals surface area contributed by atoms with Gasteiger partial charge in [0.15, 0.2) is 0 Å². The first kappa shape index (κ1) is 12.3. The second-order valence-electron chi connectivity index (χ2n) is 3.77.